The average molecular weight is 530 g/mol. The van der Waals surface area contributed by atoms with Crippen LogP contribution in [-0.4, -0.2) is 63.9 Å². The Morgan fingerprint density at radius 3 is 2.31 bits per heavy atom. The number of likely N-dealkylation sites (N-methyl/N-ethyl adjacent to an activating group) is 1. The van der Waals surface area contributed by atoms with Crippen molar-refractivity contribution in [2.75, 3.05) is 44.2 Å². The Morgan fingerprint density at radius 1 is 1.00 bits per heavy atom. The minimum Gasteiger partial charge on any atom is -0.355 e. The number of piperazine rings is 1. The van der Waals surface area contributed by atoms with Gasteiger partial charge in [-0.05, 0) is 37.9 Å². The van der Waals surface area contributed by atoms with E-state index >= 15 is 0 Å². The number of nitriles is 1. The lowest BCUT2D eigenvalue weighted by molar-refractivity contribution is -0.122. The first-order chi connectivity index (χ1) is 17.4. The molecule has 0 bridgehead atoms. The number of carbonyl (C=O) groups excluding carboxylic acids is 1. The maximum absolute atomic E-state index is 13.4. The number of hydrogen-bond donors (Lipinski definition) is 0. The third-order valence-electron chi connectivity index (χ3n) is 7.09. The third-order valence-corrected chi connectivity index (χ3v) is 8.46. The molecule has 0 atom stereocenters. The Hall–Kier alpha value is -2.15. The maximum atomic E-state index is 13.4. The molecule has 0 spiro atoms. The van der Waals surface area contributed by atoms with Crippen molar-refractivity contribution in [3.8, 4) is 6.07 Å². The fourth-order valence-corrected chi connectivity index (χ4v) is 6.10. The molecule has 9 heteroatoms. The predicted molar refractivity (Wildman–Crippen MR) is 153 cm³/mol. The number of nitrogens with zero attached hydrogens (tertiary/aromatic N) is 5. The van der Waals surface area contributed by atoms with Crippen molar-refractivity contribution in [3.05, 3.63) is 31.9 Å². The molecule has 2 aliphatic rings. The van der Waals surface area contributed by atoms with Gasteiger partial charge in [0.2, 0.25) is 0 Å². The number of thioether (sulfide) groups is 1. The molecule has 196 valence electrons. The van der Waals surface area contributed by atoms with E-state index in [1.165, 1.54) is 11.8 Å². The van der Waals surface area contributed by atoms with Gasteiger partial charge in [0.05, 0.1) is 4.91 Å². The normalized spacial score (nSPS) is 17.9. The number of pyridine rings is 1. The topological polar surface area (TPSA) is 72.6 Å². The summed E-state index contributed by atoms with van der Waals surface area (Å²) in [4.78, 5) is 33.7. The molecule has 3 rings (SSSR count). The van der Waals surface area contributed by atoms with Gasteiger partial charge in [-0.3, -0.25) is 19.1 Å². The summed E-state index contributed by atoms with van der Waals surface area (Å²) in [7, 11) is 0. The number of amides is 1. The zero-order valence-corrected chi connectivity index (χ0v) is 23.8. The molecule has 1 aromatic rings. The van der Waals surface area contributed by atoms with Crippen LogP contribution in [0.3, 0.4) is 0 Å². The smallest absolute Gasteiger partial charge is 0.270 e. The van der Waals surface area contributed by atoms with E-state index in [-0.39, 0.29) is 17.0 Å². The summed E-state index contributed by atoms with van der Waals surface area (Å²) in [5, 5.41) is 9.87. The summed E-state index contributed by atoms with van der Waals surface area (Å²) < 4.78 is 2.35. The molecular formula is C27H39N5O2S2. The van der Waals surface area contributed by atoms with Crippen LogP contribution in [0.1, 0.15) is 76.0 Å². The first-order valence-corrected chi connectivity index (χ1v) is 14.5. The SMILES string of the molecule is CCCCCCN1C(=O)C(=Cc2c(C)c(C#N)c(=O)n(CCCC)c2N2CCN(CC)CC2)SC1=S. The molecule has 1 amide bonds. The molecule has 2 saturated heterocycles. The molecule has 1 aromatic heterocycles. The van der Waals surface area contributed by atoms with Gasteiger partial charge in [0.25, 0.3) is 11.5 Å². The van der Waals surface area contributed by atoms with Crippen molar-refractivity contribution in [3.63, 3.8) is 0 Å². The number of hydrogen-bond acceptors (Lipinski definition) is 7. The lowest BCUT2D eigenvalue weighted by atomic mass is 10.0. The summed E-state index contributed by atoms with van der Waals surface area (Å²) in [6.07, 6.45) is 7.96. The number of thiocarbonyl (C=S) groups is 1. The van der Waals surface area contributed by atoms with E-state index in [4.69, 9.17) is 12.2 Å². The number of rotatable bonds is 11. The molecule has 0 aromatic carbocycles. The Balaban J connectivity index is 2.08. The van der Waals surface area contributed by atoms with Crippen LogP contribution >= 0.6 is 24.0 Å². The molecule has 7 nitrogen and oxygen atoms in total. The van der Waals surface area contributed by atoms with Crippen LogP contribution in [0.15, 0.2) is 9.70 Å². The van der Waals surface area contributed by atoms with Crippen LogP contribution in [0.25, 0.3) is 6.08 Å². The van der Waals surface area contributed by atoms with Crippen LogP contribution in [-0.2, 0) is 11.3 Å². The number of carbonyl (C=O) groups is 1. The standard InChI is InChI=1S/C27H39N5O2S2/c1-5-8-10-11-13-32-26(34)23(36-27(32)35)18-21-20(4)22(19-28)25(33)31(12-9-6-2)24(21)30-16-14-29(7-3)15-17-30/h18H,5-17H2,1-4H3. The summed E-state index contributed by atoms with van der Waals surface area (Å²) in [6.45, 7) is 13.8. The molecular weight excluding hydrogens is 490 g/mol. The molecule has 2 aliphatic heterocycles. The van der Waals surface area contributed by atoms with Crippen molar-refractivity contribution >= 4 is 46.1 Å². The molecule has 36 heavy (non-hydrogen) atoms. The van der Waals surface area contributed by atoms with Gasteiger partial charge in [-0.2, -0.15) is 5.26 Å². The zero-order valence-electron chi connectivity index (χ0n) is 22.1. The van der Waals surface area contributed by atoms with Gasteiger partial charge < -0.3 is 9.80 Å². The van der Waals surface area contributed by atoms with Crippen LogP contribution in [0, 0.1) is 18.3 Å². The van der Waals surface area contributed by atoms with Crippen molar-refractivity contribution in [2.45, 2.75) is 72.8 Å². The van der Waals surface area contributed by atoms with Crippen LogP contribution in [0.5, 0.6) is 0 Å². The highest BCUT2D eigenvalue weighted by Crippen LogP contribution is 2.36. The van der Waals surface area contributed by atoms with Crippen LogP contribution in [0.4, 0.5) is 5.82 Å². The average Bonchev–Trinajstić information content (AvgIpc) is 3.15. The summed E-state index contributed by atoms with van der Waals surface area (Å²) in [5.41, 5.74) is 1.34. The number of unbranched alkanes of at least 4 members (excludes halogenated alkanes) is 4. The first-order valence-electron chi connectivity index (χ1n) is 13.3. The van der Waals surface area contributed by atoms with Crippen molar-refractivity contribution in [2.24, 2.45) is 0 Å². The third kappa shape index (κ3) is 6.21. The fraction of sp³-hybridized carbons (Fsp3) is 0.630. The molecule has 0 unspecified atom stereocenters. The second-order valence-electron chi connectivity index (χ2n) is 9.47. The minimum atomic E-state index is -0.239. The first kappa shape index (κ1) is 28.4. The molecule has 2 fully saturated rings. The van der Waals surface area contributed by atoms with Gasteiger partial charge >= 0.3 is 0 Å². The monoisotopic (exact) mass is 529 g/mol. The van der Waals surface area contributed by atoms with E-state index in [0.717, 1.165) is 82.6 Å². The quantitative estimate of drug-likeness (QED) is 0.233. The van der Waals surface area contributed by atoms with E-state index in [2.05, 4.69) is 36.6 Å². The molecule has 0 saturated carbocycles. The summed E-state index contributed by atoms with van der Waals surface area (Å²) >= 11 is 6.88. The van der Waals surface area contributed by atoms with Crippen molar-refractivity contribution in [1.82, 2.24) is 14.4 Å². The highest BCUT2D eigenvalue weighted by molar-refractivity contribution is 8.26. The van der Waals surface area contributed by atoms with Gasteiger partial charge in [0.15, 0.2) is 0 Å². The lowest BCUT2D eigenvalue weighted by Crippen LogP contribution is -2.48. The minimum absolute atomic E-state index is 0.0764. The second kappa shape index (κ2) is 13.4. The zero-order chi connectivity index (χ0) is 26.2. The van der Waals surface area contributed by atoms with Crippen molar-refractivity contribution in [1.29, 1.82) is 5.26 Å². The highest BCUT2D eigenvalue weighted by atomic mass is 32.2. The maximum Gasteiger partial charge on any atom is 0.270 e. The Bertz CT molecular complexity index is 1100. The largest absolute Gasteiger partial charge is 0.355 e. The molecule has 0 N–H and O–H groups in total. The van der Waals surface area contributed by atoms with E-state index in [0.29, 0.717) is 27.9 Å². The van der Waals surface area contributed by atoms with Crippen molar-refractivity contribution < 1.29 is 4.79 Å². The highest BCUT2D eigenvalue weighted by Gasteiger charge is 2.33. The summed E-state index contributed by atoms with van der Waals surface area (Å²) in [5.74, 6) is 0.751. The number of anilines is 1. The molecule has 3 heterocycles. The lowest BCUT2D eigenvalue weighted by Gasteiger charge is -2.37. The molecule has 0 aliphatic carbocycles. The molecule has 0 radical (unpaired) electrons. The number of aromatic nitrogens is 1. The fourth-order valence-electron chi connectivity index (χ4n) is 4.80. The second-order valence-corrected chi connectivity index (χ2v) is 11.2. The van der Waals surface area contributed by atoms with Gasteiger partial charge in [0.1, 0.15) is 21.8 Å². The van der Waals surface area contributed by atoms with E-state index < -0.39 is 0 Å². The van der Waals surface area contributed by atoms with Crippen LogP contribution < -0.4 is 10.5 Å². The Kier molecular flexibility index (Phi) is 10.6. The van der Waals surface area contributed by atoms with Gasteiger partial charge in [-0.15, -0.1) is 0 Å². The predicted octanol–water partition coefficient (Wildman–Crippen LogP) is 4.75. The van der Waals surface area contributed by atoms with E-state index in [1.54, 1.807) is 9.47 Å². The summed E-state index contributed by atoms with van der Waals surface area (Å²) in [6, 6.07) is 2.14. The van der Waals surface area contributed by atoms with Gasteiger partial charge in [-0.1, -0.05) is 70.4 Å². The Labute approximate surface area is 225 Å². The van der Waals surface area contributed by atoms with Crippen LogP contribution in [0.2, 0.25) is 0 Å². The van der Waals surface area contributed by atoms with Gasteiger partial charge in [-0.25, -0.2) is 0 Å². The van der Waals surface area contributed by atoms with E-state index in [9.17, 15) is 14.9 Å². The Morgan fingerprint density at radius 2 is 1.69 bits per heavy atom. The van der Waals surface area contributed by atoms with E-state index in [1.807, 2.05) is 13.0 Å². The van der Waals surface area contributed by atoms with Gasteiger partial charge in [0, 0.05) is 44.8 Å².